The Labute approximate surface area is 837 Å². The standard InChI is InChI=1S/C19H18N2O.C17H13NOS.2C16H10ClNO2.C16H10ClNOS.C15H9N3O3.C14H10N4O/c1-12(2)21-8-7-16-17(10-15(20-4)11-18(16)21)14-6-5-13(3)19(22)9-14;1-10-4-5-12(7-16(10)19)14-8-13(18-3)9-17-15(14)6-11(2)20-17;1-9-3-4-10(5-14(9)19)12-6-11(18-2)7-15-16(12)13(17)8-20-15;1-9-3-4-10(5-15(9)19)12-6-11(18-2)7-13-14(17)8-20-16(12)13;1-9-3-4-10(5-14(9)19)12-6-11(18-2)7-15-13(12)8-16(17)20-15;1-16-9-5-11(14-12(6-9)17-7-18-14)8-2-3-10(15(20)21)13(19)4-8;1-9-3-4-10(5-13(9)19)12-6-11(15-2)7-14-16-8-17-18(12)14/h5-12,22H,1-3H3;4-9,19H,1-2H3;3*3-8,19H,1H3;2-7,19H,(H,17,18)(H,20,21);3-8,19H,1H3. The van der Waals surface area contributed by atoms with Crippen molar-refractivity contribution in [2.75, 3.05) is 0 Å². The lowest BCUT2D eigenvalue weighted by Crippen LogP contribution is -1.97. The molecule has 8 aromatic heterocycles. The van der Waals surface area contributed by atoms with Crippen molar-refractivity contribution in [3.63, 3.8) is 0 Å². The van der Waals surface area contributed by atoms with Crippen molar-refractivity contribution in [2.45, 2.75) is 68.4 Å². The number of carboxylic acid groups (broad SMARTS) is 1. The number of fused-ring (bicyclic) bond motifs is 7. The number of imidazole rings is 1. The minimum atomic E-state index is -1.20. The van der Waals surface area contributed by atoms with Gasteiger partial charge in [-0.2, -0.15) is 5.10 Å². The molecule has 0 spiro atoms. The summed E-state index contributed by atoms with van der Waals surface area (Å²) in [6, 6.07) is 68.7. The summed E-state index contributed by atoms with van der Waals surface area (Å²) in [5.41, 5.74) is 24.3. The van der Waals surface area contributed by atoms with Crippen molar-refractivity contribution >= 4 is 173 Å². The van der Waals surface area contributed by atoms with Gasteiger partial charge in [-0.05, 0) is 319 Å². The van der Waals surface area contributed by atoms with Crippen molar-refractivity contribution in [1.82, 2.24) is 29.1 Å². The molecule has 29 heteroatoms. The van der Waals surface area contributed by atoms with E-state index in [4.69, 9.17) is 94.7 Å². The molecule has 0 aliphatic rings. The fourth-order valence-electron chi connectivity index (χ4n) is 15.8. The Bertz CT molecular complexity index is 8680. The first-order chi connectivity index (χ1) is 68.1. The summed E-state index contributed by atoms with van der Waals surface area (Å²) >= 11 is 21.5. The number of pyridine rings is 1. The SMILES string of the molecule is [C-]#[N+]c1cc(-c2ccc(C(=O)O)c(O)c2)c2nc[nH]c2c1.[C-]#[N+]c1cc(-c2ccc(C)c(O)c2)c2c(Cl)coc2c1.[C-]#[N+]c1cc(-c2ccc(C)c(O)c2)c2cc(C)sc2c1.[C-]#[N+]c1cc(-c2ccc(C)c(O)c2)c2cc(Cl)sc2c1.[C-]#[N+]c1cc(-c2ccc(C)c(O)c2)c2ccn(C(C)C)c2c1.[C-]#[N+]c1cc(-c2ccc(C)c(O)c2)c2occ(Cl)c2c1.[C-]#[N+]c1cc(-c2ccc(C)c(O)c2)n2ncnc2c1. The van der Waals surface area contributed by atoms with Crippen LogP contribution in [0.4, 0.5) is 39.8 Å². The summed E-state index contributed by atoms with van der Waals surface area (Å²) in [5.74, 6) is -0.0528. The third kappa shape index (κ3) is 21.2. The van der Waals surface area contributed by atoms with Crippen molar-refractivity contribution in [1.29, 1.82) is 0 Å². The van der Waals surface area contributed by atoms with Crippen LogP contribution in [0, 0.1) is 94.5 Å². The van der Waals surface area contributed by atoms with Crippen LogP contribution in [0.5, 0.6) is 40.2 Å². The second-order valence-electron chi connectivity index (χ2n) is 33.1. The molecule has 0 radical (unpaired) electrons. The molecule has 696 valence electrons. The van der Waals surface area contributed by atoms with Gasteiger partial charge in [0.2, 0.25) is 0 Å². The smallest absolute Gasteiger partial charge is 0.339 e. The zero-order valence-corrected chi connectivity index (χ0v) is 80.9. The zero-order chi connectivity index (χ0) is 101. The van der Waals surface area contributed by atoms with Crippen molar-refractivity contribution in [3.05, 3.63) is 400 Å². The highest BCUT2D eigenvalue weighted by atomic mass is 35.5. The largest absolute Gasteiger partial charge is 0.508 e. The average Bonchev–Trinajstić information content (AvgIpc) is 1.61. The highest BCUT2D eigenvalue weighted by Gasteiger charge is 2.22. The minimum absolute atomic E-state index is 0.168. The molecular weight excluding hydrogens is 1890 g/mol. The number of benzene rings is 13. The fraction of sp³-hybridized carbons (Fsp3) is 0.0885. The molecule has 0 aliphatic heterocycles. The van der Waals surface area contributed by atoms with Gasteiger partial charge in [0.25, 0.3) is 0 Å². The predicted octanol–water partition coefficient (Wildman–Crippen LogP) is 33.5. The lowest BCUT2D eigenvalue weighted by atomic mass is 9.99. The molecule has 13 aromatic carbocycles. The Morgan fingerprint density at radius 3 is 1.33 bits per heavy atom. The number of hydrogen-bond donors (Lipinski definition) is 9. The second kappa shape index (κ2) is 42.2. The van der Waals surface area contributed by atoms with Crippen LogP contribution in [-0.2, 0) is 0 Å². The summed E-state index contributed by atoms with van der Waals surface area (Å²) in [6.07, 6.45) is 7.93. The van der Waals surface area contributed by atoms with E-state index >= 15 is 0 Å². The van der Waals surface area contributed by atoms with Crippen LogP contribution < -0.4 is 0 Å². The summed E-state index contributed by atoms with van der Waals surface area (Å²) in [7, 11) is 0. The van der Waals surface area contributed by atoms with Gasteiger partial charge in [0.15, 0.2) is 39.8 Å². The third-order valence-corrected chi connectivity index (χ3v) is 26.1. The highest BCUT2D eigenvalue weighted by molar-refractivity contribution is 7.22. The molecule has 24 nitrogen and oxygen atoms in total. The number of nitrogens with zero attached hydrogens (tertiary/aromatic N) is 12. The van der Waals surface area contributed by atoms with Gasteiger partial charge in [0, 0.05) is 59.3 Å². The van der Waals surface area contributed by atoms with Crippen LogP contribution in [0.1, 0.15) is 68.5 Å². The molecule has 0 aliphatic carbocycles. The number of nitrogens with one attached hydrogen (secondary N) is 1. The van der Waals surface area contributed by atoms with Gasteiger partial charge >= 0.3 is 5.97 Å². The molecule has 0 saturated heterocycles. The molecule has 0 amide bonds. The second-order valence-corrected chi connectivity index (χ2v) is 36.9. The monoisotopic (exact) mass is 1960 g/mol. The van der Waals surface area contributed by atoms with Crippen LogP contribution in [0.3, 0.4) is 0 Å². The lowest BCUT2D eigenvalue weighted by Gasteiger charge is -2.12. The molecular formula is C113H80Cl3N13O11S2. The molecule has 8 heterocycles. The van der Waals surface area contributed by atoms with Crippen LogP contribution in [0.2, 0.25) is 14.4 Å². The Hall–Kier alpha value is -18.1. The average molecular weight is 1970 g/mol. The first-order valence-corrected chi connectivity index (χ1v) is 46.1. The summed E-state index contributed by atoms with van der Waals surface area (Å²) in [4.78, 5) is 47.8. The molecule has 0 saturated carbocycles. The number of halogens is 3. The normalized spacial score (nSPS) is 10.7. The number of thiophene rings is 2. The number of phenolic OH excluding ortho intramolecular Hbond substituents is 6. The first kappa shape index (κ1) is 98.4. The van der Waals surface area contributed by atoms with Gasteiger partial charge < -0.3 is 59.2 Å². The number of phenols is 7. The molecule has 0 bridgehead atoms. The van der Waals surface area contributed by atoms with Crippen LogP contribution in [-0.4, -0.2) is 76.0 Å². The van der Waals surface area contributed by atoms with Crippen molar-refractivity contribution < 1.29 is 54.5 Å². The number of carboxylic acids is 1. The zero-order valence-electron chi connectivity index (χ0n) is 77.0. The number of aromatic nitrogens is 6. The first-order valence-electron chi connectivity index (χ1n) is 43.3. The van der Waals surface area contributed by atoms with Crippen LogP contribution in [0.25, 0.3) is 182 Å². The maximum Gasteiger partial charge on any atom is 0.339 e. The van der Waals surface area contributed by atoms with E-state index in [-0.39, 0.29) is 45.8 Å². The maximum absolute atomic E-state index is 10.9. The number of rotatable bonds is 9. The van der Waals surface area contributed by atoms with Gasteiger partial charge in [-0.3, -0.25) is 0 Å². The van der Waals surface area contributed by atoms with E-state index in [2.05, 4.69) is 97.6 Å². The van der Waals surface area contributed by atoms with E-state index in [1.807, 2.05) is 157 Å². The molecule has 0 unspecified atom stereocenters. The Morgan fingerprint density at radius 2 is 0.817 bits per heavy atom. The predicted molar refractivity (Wildman–Crippen MR) is 566 cm³/mol. The van der Waals surface area contributed by atoms with E-state index in [9.17, 15) is 40.5 Å². The molecule has 0 fully saturated rings. The topological polar surface area (TPSA) is 300 Å². The van der Waals surface area contributed by atoms with Gasteiger partial charge in [-0.15, -0.1) is 22.7 Å². The van der Waals surface area contributed by atoms with Crippen LogP contribution >= 0.6 is 57.5 Å². The summed E-state index contributed by atoms with van der Waals surface area (Å²) < 4.78 is 17.5. The van der Waals surface area contributed by atoms with Crippen molar-refractivity contribution in [2.24, 2.45) is 0 Å². The molecule has 21 rings (SSSR count). The van der Waals surface area contributed by atoms with Crippen molar-refractivity contribution in [3.8, 4) is 118 Å². The number of H-pyrrole nitrogens is 1. The van der Waals surface area contributed by atoms with Gasteiger partial charge in [-0.1, -0.05) is 114 Å². The van der Waals surface area contributed by atoms with E-state index in [1.165, 1.54) is 53.5 Å². The number of aromatic hydroxyl groups is 7. The molecule has 21 aromatic rings. The van der Waals surface area contributed by atoms with Gasteiger partial charge in [-0.25, -0.2) is 53.2 Å². The van der Waals surface area contributed by atoms with E-state index < -0.39 is 5.97 Å². The summed E-state index contributed by atoms with van der Waals surface area (Å²) in [5, 5.41) is 87.8. The van der Waals surface area contributed by atoms with Crippen LogP contribution in [0.15, 0.2) is 271 Å². The third-order valence-electron chi connectivity index (χ3n) is 23.4. The maximum atomic E-state index is 10.9. The molecule has 0 atom stereocenters. The molecule has 142 heavy (non-hydrogen) atoms. The van der Waals surface area contributed by atoms with E-state index in [0.29, 0.717) is 105 Å². The number of hydrogen-bond acceptors (Lipinski definition) is 15. The number of aromatic carboxylic acids is 1. The fourth-order valence-corrected chi connectivity index (χ4v) is 18.4. The number of furan rings is 2. The Morgan fingerprint density at radius 1 is 0.401 bits per heavy atom. The molecule has 9 N–H and O–H groups in total. The van der Waals surface area contributed by atoms with E-state index in [1.54, 1.807) is 107 Å². The Balaban J connectivity index is 0.000000125. The lowest BCUT2D eigenvalue weighted by molar-refractivity contribution is 0.0693. The highest BCUT2D eigenvalue weighted by Crippen LogP contribution is 2.47. The quantitative estimate of drug-likeness (QED) is 0.0607. The number of aryl methyl sites for hydroxylation is 7. The van der Waals surface area contributed by atoms with Gasteiger partial charge in [0.05, 0.1) is 83.4 Å². The Kier molecular flexibility index (Phi) is 29.3. The number of aromatic amines is 1. The van der Waals surface area contributed by atoms with Gasteiger partial charge in [0.1, 0.15) is 81.5 Å². The number of carbonyl (C=O) groups is 1. The summed E-state index contributed by atoms with van der Waals surface area (Å²) in [6.45, 7) is 67.8. The van der Waals surface area contributed by atoms with E-state index in [0.717, 1.165) is 137 Å². The minimum Gasteiger partial charge on any atom is -0.508 e.